The minimum Gasteiger partial charge on any atom is -0.317 e. The van der Waals surface area contributed by atoms with Crippen LogP contribution >= 0.6 is 0 Å². The molecule has 0 saturated heterocycles. The SMILES string of the molecule is CNC1CCC(CNCc2ccc(C)cc2C)CC1. The minimum atomic E-state index is 0.760. The number of nitrogens with one attached hydrogen (secondary N) is 2. The van der Waals surface area contributed by atoms with E-state index in [1.54, 1.807) is 0 Å². The van der Waals surface area contributed by atoms with Gasteiger partial charge in [-0.2, -0.15) is 0 Å². The summed E-state index contributed by atoms with van der Waals surface area (Å²) < 4.78 is 0. The van der Waals surface area contributed by atoms with Gasteiger partial charge in [-0.3, -0.25) is 0 Å². The fraction of sp³-hybridized carbons (Fsp3) is 0.647. The molecule has 2 nitrogen and oxygen atoms in total. The Morgan fingerprint density at radius 3 is 2.47 bits per heavy atom. The lowest BCUT2D eigenvalue weighted by Crippen LogP contribution is -2.33. The van der Waals surface area contributed by atoms with Crippen molar-refractivity contribution in [3.05, 3.63) is 34.9 Å². The zero-order chi connectivity index (χ0) is 13.7. The Bertz CT molecular complexity index is 392. The number of hydrogen-bond donors (Lipinski definition) is 2. The highest BCUT2D eigenvalue weighted by molar-refractivity contribution is 5.30. The van der Waals surface area contributed by atoms with E-state index in [2.05, 4.69) is 49.7 Å². The molecule has 0 aliphatic heterocycles. The van der Waals surface area contributed by atoms with Crippen LogP contribution in [0.2, 0.25) is 0 Å². The third kappa shape index (κ3) is 4.32. The van der Waals surface area contributed by atoms with Crippen LogP contribution in [0, 0.1) is 19.8 Å². The fourth-order valence-corrected chi connectivity index (χ4v) is 3.11. The first-order valence-electron chi connectivity index (χ1n) is 7.63. The van der Waals surface area contributed by atoms with Crippen LogP contribution in [0.4, 0.5) is 0 Å². The van der Waals surface area contributed by atoms with Gasteiger partial charge in [-0.1, -0.05) is 23.8 Å². The van der Waals surface area contributed by atoms with Gasteiger partial charge in [0, 0.05) is 12.6 Å². The molecule has 0 amide bonds. The van der Waals surface area contributed by atoms with Crippen LogP contribution in [-0.4, -0.2) is 19.6 Å². The van der Waals surface area contributed by atoms with Crippen molar-refractivity contribution < 1.29 is 0 Å². The lowest BCUT2D eigenvalue weighted by molar-refractivity contribution is 0.292. The second kappa shape index (κ2) is 7.06. The third-order valence-corrected chi connectivity index (χ3v) is 4.50. The van der Waals surface area contributed by atoms with Gasteiger partial charge in [-0.05, 0) is 70.2 Å². The van der Waals surface area contributed by atoms with Gasteiger partial charge in [0.05, 0.1) is 0 Å². The molecule has 0 spiro atoms. The second-order valence-electron chi connectivity index (χ2n) is 6.07. The Morgan fingerprint density at radius 2 is 1.84 bits per heavy atom. The summed E-state index contributed by atoms with van der Waals surface area (Å²) in [5.74, 6) is 0.871. The lowest BCUT2D eigenvalue weighted by Gasteiger charge is -2.28. The maximum Gasteiger partial charge on any atom is 0.0208 e. The highest BCUT2D eigenvalue weighted by atomic mass is 14.9. The van der Waals surface area contributed by atoms with E-state index >= 15 is 0 Å². The Labute approximate surface area is 118 Å². The van der Waals surface area contributed by atoms with Crippen LogP contribution in [0.15, 0.2) is 18.2 Å². The average Bonchev–Trinajstić information content (AvgIpc) is 2.42. The summed E-state index contributed by atoms with van der Waals surface area (Å²) in [6.45, 7) is 6.55. The van der Waals surface area contributed by atoms with Crippen LogP contribution in [0.5, 0.6) is 0 Å². The van der Waals surface area contributed by atoms with E-state index in [1.807, 2.05) is 0 Å². The molecular formula is C17H28N2. The summed E-state index contributed by atoms with van der Waals surface area (Å²) in [5.41, 5.74) is 4.20. The fourth-order valence-electron chi connectivity index (χ4n) is 3.11. The summed E-state index contributed by atoms with van der Waals surface area (Å²) in [4.78, 5) is 0. The molecule has 2 heteroatoms. The number of hydrogen-bond acceptors (Lipinski definition) is 2. The summed E-state index contributed by atoms with van der Waals surface area (Å²) in [7, 11) is 2.09. The van der Waals surface area contributed by atoms with Crippen LogP contribution in [-0.2, 0) is 6.54 Å². The number of benzene rings is 1. The molecule has 1 aliphatic carbocycles. The lowest BCUT2D eigenvalue weighted by atomic mass is 9.86. The molecule has 1 saturated carbocycles. The molecule has 0 unspecified atom stereocenters. The zero-order valence-corrected chi connectivity index (χ0v) is 12.6. The van der Waals surface area contributed by atoms with Crippen LogP contribution in [0.25, 0.3) is 0 Å². The van der Waals surface area contributed by atoms with Gasteiger partial charge in [0.15, 0.2) is 0 Å². The molecule has 1 aliphatic rings. The first kappa shape index (κ1) is 14.5. The Morgan fingerprint density at radius 1 is 1.11 bits per heavy atom. The van der Waals surface area contributed by atoms with Gasteiger partial charge in [-0.15, -0.1) is 0 Å². The van der Waals surface area contributed by atoms with E-state index in [0.29, 0.717) is 0 Å². The van der Waals surface area contributed by atoms with Crippen LogP contribution < -0.4 is 10.6 Å². The third-order valence-electron chi connectivity index (χ3n) is 4.50. The molecule has 1 aromatic carbocycles. The normalized spacial score (nSPS) is 23.5. The first-order chi connectivity index (χ1) is 9.19. The van der Waals surface area contributed by atoms with Crippen molar-refractivity contribution in [2.75, 3.05) is 13.6 Å². The van der Waals surface area contributed by atoms with Gasteiger partial charge >= 0.3 is 0 Å². The van der Waals surface area contributed by atoms with Crippen LogP contribution in [0.3, 0.4) is 0 Å². The first-order valence-corrected chi connectivity index (χ1v) is 7.63. The van der Waals surface area contributed by atoms with Gasteiger partial charge in [-0.25, -0.2) is 0 Å². The molecular weight excluding hydrogens is 232 g/mol. The van der Waals surface area contributed by atoms with Crippen LogP contribution in [0.1, 0.15) is 42.4 Å². The van der Waals surface area contributed by atoms with Gasteiger partial charge in [0.1, 0.15) is 0 Å². The molecule has 0 atom stereocenters. The highest BCUT2D eigenvalue weighted by Crippen LogP contribution is 2.23. The maximum atomic E-state index is 3.64. The summed E-state index contributed by atoms with van der Waals surface area (Å²) in [6.07, 6.45) is 5.41. The minimum absolute atomic E-state index is 0.760. The molecule has 0 heterocycles. The summed E-state index contributed by atoms with van der Waals surface area (Å²) in [6, 6.07) is 7.50. The van der Waals surface area contributed by atoms with E-state index in [4.69, 9.17) is 0 Å². The quantitative estimate of drug-likeness (QED) is 0.849. The van der Waals surface area contributed by atoms with E-state index in [9.17, 15) is 0 Å². The summed E-state index contributed by atoms with van der Waals surface area (Å²) in [5, 5.41) is 7.04. The molecule has 1 fully saturated rings. The van der Waals surface area contributed by atoms with E-state index in [-0.39, 0.29) is 0 Å². The summed E-state index contributed by atoms with van der Waals surface area (Å²) >= 11 is 0. The molecule has 2 rings (SSSR count). The van der Waals surface area contributed by atoms with Gasteiger partial charge < -0.3 is 10.6 Å². The number of rotatable bonds is 5. The Kier molecular flexibility index (Phi) is 5.41. The molecule has 2 N–H and O–H groups in total. The van der Waals surface area contributed by atoms with Gasteiger partial charge in [0.25, 0.3) is 0 Å². The predicted molar refractivity (Wildman–Crippen MR) is 82.4 cm³/mol. The van der Waals surface area contributed by atoms with Crippen molar-refractivity contribution in [3.8, 4) is 0 Å². The topological polar surface area (TPSA) is 24.1 Å². The average molecular weight is 260 g/mol. The monoisotopic (exact) mass is 260 g/mol. The van der Waals surface area contributed by atoms with Crippen molar-refractivity contribution in [1.82, 2.24) is 10.6 Å². The molecule has 0 radical (unpaired) electrons. The van der Waals surface area contributed by atoms with Gasteiger partial charge in [0.2, 0.25) is 0 Å². The predicted octanol–water partition coefficient (Wildman–Crippen LogP) is 3.17. The Hall–Kier alpha value is -0.860. The van der Waals surface area contributed by atoms with E-state index in [1.165, 1.54) is 48.9 Å². The van der Waals surface area contributed by atoms with E-state index < -0.39 is 0 Å². The second-order valence-corrected chi connectivity index (χ2v) is 6.07. The molecule has 1 aromatic rings. The maximum absolute atomic E-state index is 3.64. The molecule has 0 bridgehead atoms. The zero-order valence-electron chi connectivity index (χ0n) is 12.6. The molecule has 0 aromatic heterocycles. The largest absolute Gasteiger partial charge is 0.317 e. The van der Waals surface area contributed by atoms with Crippen molar-refractivity contribution >= 4 is 0 Å². The molecule has 106 valence electrons. The van der Waals surface area contributed by atoms with Crippen molar-refractivity contribution in [3.63, 3.8) is 0 Å². The highest BCUT2D eigenvalue weighted by Gasteiger charge is 2.19. The van der Waals surface area contributed by atoms with Crippen molar-refractivity contribution in [2.24, 2.45) is 5.92 Å². The number of aryl methyl sites for hydroxylation is 2. The molecule has 19 heavy (non-hydrogen) atoms. The van der Waals surface area contributed by atoms with Crippen molar-refractivity contribution in [2.45, 2.75) is 52.1 Å². The smallest absolute Gasteiger partial charge is 0.0208 e. The standard InChI is InChI=1S/C17H28N2/c1-13-4-7-16(14(2)10-13)12-19-11-15-5-8-17(18-3)9-6-15/h4,7,10,15,17-19H,5-6,8-9,11-12H2,1-3H3. The van der Waals surface area contributed by atoms with E-state index in [0.717, 1.165) is 18.5 Å². The van der Waals surface area contributed by atoms with Crippen molar-refractivity contribution in [1.29, 1.82) is 0 Å². The Balaban J connectivity index is 1.72.